The first-order valence-electron chi connectivity index (χ1n) is 6.10. The van der Waals surface area contributed by atoms with Crippen LogP contribution in [0.15, 0.2) is 17.0 Å². The summed E-state index contributed by atoms with van der Waals surface area (Å²) in [5, 5.41) is 0.417. The van der Waals surface area contributed by atoms with Crippen molar-refractivity contribution in [3.05, 3.63) is 27.7 Å². The van der Waals surface area contributed by atoms with Gasteiger partial charge in [-0.2, -0.15) is 0 Å². The van der Waals surface area contributed by atoms with Gasteiger partial charge in [0.2, 0.25) is 10.0 Å². The Kier molecular flexibility index (Phi) is 6.71. The maximum absolute atomic E-state index is 12.2. The molecule has 0 spiro atoms. The van der Waals surface area contributed by atoms with E-state index in [0.717, 1.165) is 6.54 Å². The SMILES string of the molecule is CN(C)CCCNS(=O)(=O)c1cc(Cl)cc(CN)c1Cl. The van der Waals surface area contributed by atoms with Crippen LogP contribution in [0.25, 0.3) is 0 Å². The molecule has 0 saturated heterocycles. The average Bonchev–Trinajstić information content (AvgIpc) is 2.36. The molecule has 114 valence electrons. The summed E-state index contributed by atoms with van der Waals surface area (Å²) in [7, 11) is 0.168. The molecule has 1 aromatic rings. The molecule has 0 bridgehead atoms. The molecule has 0 radical (unpaired) electrons. The van der Waals surface area contributed by atoms with E-state index in [9.17, 15) is 8.42 Å². The van der Waals surface area contributed by atoms with Gasteiger partial charge in [0, 0.05) is 18.1 Å². The lowest BCUT2D eigenvalue weighted by Gasteiger charge is -2.13. The van der Waals surface area contributed by atoms with E-state index in [1.165, 1.54) is 6.07 Å². The van der Waals surface area contributed by atoms with Gasteiger partial charge < -0.3 is 10.6 Å². The minimum Gasteiger partial charge on any atom is -0.326 e. The Morgan fingerprint density at radius 1 is 1.30 bits per heavy atom. The molecule has 3 N–H and O–H groups in total. The zero-order chi connectivity index (χ0) is 15.3. The Morgan fingerprint density at radius 3 is 2.50 bits per heavy atom. The van der Waals surface area contributed by atoms with Crippen molar-refractivity contribution < 1.29 is 8.42 Å². The smallest absolute Gasteiger partial charge is 0.242 e. The van der Waals surface area contributed by atoms with Gasteiger partial charge in [-0.25, -0.2) is 13.1 Å². The van der Waals surface area contributed by atoms with E-state index >= 15 is 0 Å². The van der Waals surface area contributed by atoms with Crippen LogP contribution in [0.4, 0.5) is 0 Å². The molecule has 0 aliphatic rings. The molecule has 0 aliphatic heterocycles. The summed E-state index contributed by atoms with van der Waals surface area (Å²) >= 11 is 12.0. The lowest BCUT2D eigenvalue weighted by molar-refractivity contribution is 0.400. The van der Waals surface area contributed by atoms with Crippen LogP contribution in [0.2, 0.25) is 10.0 Å². The molecule has 0 amide bonds. The highest BCUT2D eigenvalue weighted by Crippen LogP contribution is 2.29. The highest BCUT2D eigenvalue weighted by molar-refractivity contribution is 7.89. The van der Waals surface area contributed by atoms with Crippen molar-refractivity contribution in [1.29, 1.82) is 0 Å². The molecule has 8 heteroatoms. The van der Waals surface area contributed by atoms with Crippen LogP contribution in [0.5, 0.6) is 0 Å². The van der Waals surface area contributed by atoms with Crippen LogP contribution in [-0.4, -0.2) is 40.5 Å². The van der Waals surface area contributed by atoms with E-state index in [2.05, 4.69) is 4.72 Å². The van der Waals surface area contributed by atoms with Crippen LogP contribution in [-0.2, 0) is 16.6 Å². The Labute approximate surface area is 130 Å². The van der Waals surface area contributed by atoms with Crippen LogP contribution >= 0.6 is 23.2 Å². The van der Waals surface area contributed by atoms with Gasteiger partial charge in [0.25, 0.3) is 0 Å². The summed E-state index contributed by atoms with van der Waals surface area (Å²) in [5.74, 6) is 0. The number of nitrogens with zero attached hydrogens (tertiary/aromatic N) is 1. The zero-order valence-electron chi connectivity index (χ0n) is 11.5. The average molecular weight is 340 g/mol. The number of nitrogens with two attached hydrogens (primary N) is 1. The maximum atomic E-state index is 12.2. The number of sulfonamides is 1. The fourth-order valence-electron chi connectivity index (χ4n) is 1.64. The minimum absolute atomic E-state index is 0.0306. The number of halogens is 2. The van der Waals surface area contributed by atoms with E-state index in [0.29, 0.717) is 23.6 Å². The zero-order valence-corrected chi connectivity index (χ0v) is 13.8. The number of benzene rings is 1. The van der Waals surface area contributed by atoms with Crippen LogP contribution < -0.4 is 10.5 Å². The molecule has 0 atom stereocenters. The maximum Gasteiger partial charge on any atom is 0.242 e. The monoisotopic (exact) mass is 339 g/mol. The molecule has 1 aromatic carbocycles. The largest absolute Gasteiger partial charge is 0.326 e. The first-order chi connectivity index (χ1) is 9.27. The van der Waals surface area contributed by atoms with Gasteiger partial charge in [-0.3, -0.25) is 0 Å². The predicted octanol–water partition coefficient (Wildman–Crippen LogP) is 1.68. The number of hydrogen-bond donors (Lipinski definition) is 2. The lowest BCUT2D eigenvalue weighted by atomic mass is 10.2. The van der Waals surface area contributed by atoms with Crippen molar-refractivity contribution in [3.8, 4) is 0 Å². The molecule has 0 aromatic heterocycles. The molecule has 0 fully saturated rings. The first kappa shape index (κ1) is 17.7. The Balaban J connectivity index is 2.90. The normalized spacial score (nSPS) is 12.1. The molecule has 0 aliphatic carbocycles. The molecule has 5 nitrogen and oxygen atoms in total. The third kappa shape index (κ3) is 4.87. The van der Waals surface area contributed by atoms with Crippen LogP contribution in [0.1, 0.15) is 12.0 Å². The van der Waals surface area contributed by atoms with Crippen molar-refractivity contribution in [2.45, 2.75) is 17.9 Å². The molecule has 20 heavy (non-hydrogen) atoms. The van der Waals surface area contributed by atoms with Crippen molar-refractivity contribution >= 4 is 33.2 Å². The summed E-state index contributed by atoms with van der Waals surface area (Å²) in [5.41, 5.74) is 6.03. The van der Waals surface area contributed by atoms with Crippen LogP contribution in [0, 0.1) is 0 Å². The highest BCUT2D eigenvalue weighted by atomic mass is 35.5. The van der Waals surface area contributed by atoms with Gasteiger partial charge in [0.05, 0.1) is 5.02 Å². The van der Waals surface area contributed by atoms with E-state index in [1.807, 2.05) is 19.0 Å². The van der Waals surface area contributed by atoms with Crippen molar-refractivity contribution in [2.24, 2.45) is 5.73 Å². The van der Waals surface area contributed by atoms with Crippen LogP contribution in [0.3, 0.4) is 0 Å². The summed E-state index contributed by atoms with van der Waals surface area (Å²) in [4.78, 5) is 1.95. The molecule has 0 saturated carbocycles. The fraction of sp³-hybridized carbons (Fsp3) is 0.500. The molecular formula is C12H19Cl2N3O2S. The fourth-order valence-corrected chi connectivity index (χ4v) is 3.66. The van der Waals surface area contributed by atoms with Gasteiger partial charge in [-0.05, 0) is 44.8 Å². The standard InChI is InChI=1S/C12H19Cl2N3O2S/c1-17(2)5-3-4-16-20(18,19)11-7-10(13)6-9(8-15)12(11)14/h6-7,16H,3-5,8,15H2,1-2H3. The Hall–Kier alpha value is -0.370. The summed E-state index contributed by atoms with van der Waals surface area (Å²) in [6.45, 7) is 1.25. The van der Waals surface area contributed by atoms with Gasteiger partial charge in [-0.1, -0.05) is 23.2 Å². The quantitative estimate of drug-likeness (QED) is 0.741. The molecular weight excluding hydrogens is 321 g/mol. The predicted molar refractivity (Wildman–Crippen MR) is 82.7 cm³/mol. The first-order valence-corrected chi connectivity index (χ1v) is 8.34. The van der Waals surface area contributed by atoms with E-state index in [1.54, 1.807) is 6.07 Å². The Bertz CT molecular complexity index is 562. The molecule has 0 heterocycles. The second-order valence-corrected chi connectivity index (χ2v) is 7.19. The molecule has 1 rings (SSSR count). The number of rotatable bonds is 7. The highest BCUT2D eigenvalue weighted by Gasteiger charge is 2.20. The lowest BCUT2D eigenvalue weighted by Crippen LogP contribution is -2.27. The van der Waals surface area contributed by atoms with E-state index < -0.39 is 10.0 Å². The minimum atomic E-state index is -3.68. The second-order valence-electron chi connectivity index (χ2n) is 4.64. The van der Waals surface area contributed by atoms with Crippen molar-refractivity contribution in [1.82, 2.24) is 9.62 Å². The van der Waals surface area contributed by atoms with Crippen molar-refractivity contribution in [2.75, 3.05) is 27.2 Å². The molecule has 0 unspecified atom stereocenters. The van der Waals surface area contributed by atoms with Gasteiger partial charge in [-0.15, -0.1) is 0 Å². The van der Waals surface area contributed by atoms with Gasteiger partial charge in [0.15, 0.2) is 0 Å². The van der Waals surface area contributed by atoms with Crippen molar-refractivity contribution in [3.63, 3.8) is 0 Å². The number of hydrogen-bond acceptors (Lipinski definition) is 4. The van der Waals surface area contributed by atoms with E-state index in [-0.39, 0.29) is 16.5 Å². The number of nitrogens with one attached hydrogen (secondary N) is 1. The third-order valence-corrected chi connectivity index (χ3v) is 4.92. The van der Waals surface area contributed by atoms with Gasteiger partial charge in [0.1, 0.15) is 4.90 Å². The van der Waals surface area contributed by atoms with Gasteiger partial charge >= 0.3 is 0 Å². The summed E-state index contributed by atoms with van der Waals surface area (Å²) < 4.78 is 26.9. The Morgan fingerprint density at radius 2 is 1.95 bits per heavy atom. The summed E-state index contributed by atoms with van der Waals surface area (Å²) in [6.07, 6.45) is 0.703. The summed E-state index contributed by atoms with van der Waals surface area (Å²) in [6, 6.07) is 2.90. The topological polar surface area (TPSA) is 75.4 Å². The third-order valence-electron chi connectivity index (χ3n) is 2.66. The second kappa shape index (κ2) is 7.59. The van der Waals surface area contributed by atoms with E-state index in [4.69, 9.17) is 28.9 Å².